The number of rotatable bonds is 12. The highest BCUT2D eigenvalue weighted by molar-refractivity contribution is 7.92. The second-order valence-corrected chi connectivity index (χ2v) is 12.4. The molecule has 3 aromatic rings. The number of amides is 2. The molecule has 0 radical (unpaired) electrons. The number of nitrogens with zero attached hydrogens (tertiary/aromatic N) is 2. The first kappa shape index (κ1) is 31.8. The van der Waals surface area contributed by atoms with E-state index in [1.807, 2.05) is 0 Å². The standard InChI is InChI=1S/C32H38FN3O6S/c1-23(32(38)34-25-13-6-4-7-14-25)35(21-24-12-10-11-17-28(24)33)31(37)22-36(43(39,40)27-15-8-5-9-16-27)29-20-26(41-2)18-19-30(29)42-3/h5,8-12,15-20,23,25H,4,6-7,13-14,21-22H2,1-3H3,(H,34,38)/t23-/m1/s1. The van der Waals surface area contributed by atoms with Crippen LogP contribution >= 0.6 is 0 Å². The third-order valence-electron chi connectivity index (χ3n) is 7.68. The SMILES string of the molecule is COc1ccc(OC)c(N(CC(=O)N(Cc2ccccc2F)[C@H](C)C(=O)NC2CCCCC2)S(=O)(=O)c2ccccc2)c1. The quantitative estimate of drug-likeness (QED) is 0.312. The average molecular weight is 612 g/mol. The van der Waals surface area contributed by atoms with Crippen molar-refractivity contribution in [3.63, 3.8) is 0 Å². The molecule has 9 nitrogen and oxygen atoms in total. The number of hydrogen-bond acceptors (Lipinski definition) is 6. The fourth-order valence-corrected chi connectivity index (χ4v) is 6.62. The monoisotopic (exact) mass is 611 g/mol. The van der Waals surface area contributed by atoms with Crippen molar-refractivity contribution in [2.24, 2.45) is 0 Å². The predicted molar refractivity (Wildman–Crippen MR) is 162 cm³/mol. The number of sulfonamides is 1. The van der Waals surface area contributed by atoms with Crippen molar-refractivity contribution in [1.29, 1.82) is 0 Å². The summed E-state index contributed by atoms with van der Waals surface area (Å²) in [6.45, 7) is 0.647. The molecule has 4 rings (SSSR count). The van der Waals surface area contributed by atoms with Gasteiger partial charge in [0.2, 0.25) is 11.8 Å². The molecule has 0 bridgehead atoms. The molecule has 1 atom stereocenters. The van der Waals surface area contributed by atoms with Gasteiger partial charge in [0.1, 0.15) is 29.9 Å². The molecule has 0 spiro atoms. The maximum Gasteiger partial charge on any atom is 0.264 e. The summed E-state index contributed by atoms with van der Waals surface area (Å²) < 4.78 is 54.7. The molecule has 0 heterocycles. The molecule has 2 amide bonds. The molecule has 1 fully saturated rings. The van der Waals surface area contributed by atoms with Crippen LogP contribution in [0.25, 0.3) is 0 Å². The Balaban J connectivity index is 1.74. The molecule has 43 heavy (non-hydrogen) atoms. The lowest BCUT2D eigenvalue weighted by Crippen LogP contribution is -2.53. The van der Waals surface area contributed by atoms with E-state index < -0.39 is 34.3 Å². The fraction of sp³-hybridized carbons (Fsp3) is 0.375. The van der Waals surface area contributed by atoms with E-state index in [1.165, 1.54) is 55.5 Å². The first-order valence-corrected chi connectivity index (χ1v) is 15.7. The van der Waals surface area contributed by atoms with Gasteiger partial charge in [-0.1, -0.05) is 55.7 Å². The highest BCUT2D eigenvalue weighted by Gasteiger charge is 2.35. The van der Waals surface area contributed by atoms with E-state index in [9.17, 15) is 22.4 Å². The van der Waals surface area contributed by atoms with Crippen LogP contribution in [0.2, 0.25) is 0 Å². The van der Waals surface area contributed by atoms with E-state index in [-0.39, 0.29) is 40.4 Å². The van der Waals surface area contributed by atoms with Gasteiger partial charge in [-0.05, 0) is 50.1 Å². The van der Waals surface area contributed by atoms with Crippen LogP contribution in [0.3, 0.4) is 0 Å². The Labute approximate surface area is 252 Å². The van der Waals surface area contributed by atoms with Crippen LogP contribution < -0.4 is 19.1 Å². The molecule has 0 saturated heterocycles. The van der Waals surface area contributed by atoms with Crippen LogP contribution in [-0.2, 0) is 26.2 Å². The Morgan fingerprint density at radius 3 is 2.28 bits per heavy atom. The Bertz CT molecular complexity index is 1510. The summed E-state index contributed by atoms with van der Waals surface area (Å²) in [4.78, 5) is 28.8. The topological polar surface area (TPSA) is 105 Å². The second-order valence-electron chi connectivity index (χ2n) is 10.5. The number of carbonyl (C=O) groups is 2. The van der Waals surface area contributed by atoms with Gasteiger partial charge in [-0.3, -0.25) is 13.9 Å². The second kappa shape index (κ2) is 14.4. The number of ether oxygens (including phenoxy) is 2. The Hall–Kier alpha value is -4.12. The molecule has 3 aromatic carbocycles. The Morgan fingerprint density at radius 1 is 0.953 bits per heavy atom. The van der Waals surface area contributed by atoms with Gasteiger partial charge < -0.3 is 19.7 Å². The average Bonchev–Trinajstić information content (AvgIpc) is 3.03. The molecule has 0 aromatic heterocycles. The van der Waals surface area contributed by atoms with Crippen molar-refractivity contribution in [3.05, 3.63) is 84.2 Å². The summed E-state index contributed by atoms with van der Waals surface area (Å²) in [6, 6.07) is 17.3. The predicted octanol–water partition coefficient (Wildman–Crippen LogP) is 4.90. The lowest BCUT2D eigenvalue weighted by Gasteiger charge is -2.33. The number of hydrogen-bond donors (Lipinski definition) is 1. The summed E-state index contributed by atoms with van der Waals surface area (Å²) in [6.07, 6.45) is 4.81. The molecule has 0 aliphatic heterocycles. The van der Waals surface area contributed by atoms with Gasteiger partial charge in [0.25, 0.3) is 10.0 Å². The van der Waals surface area contributed by atoms with Gasteiger partial charge in [0.05, 0.1) is 24.8 Å². The van der Waals surface area contributed by atoms with Crippen LogP contribution in [0.5, 0.6) is 11.5 Å². The third-order valence-corrected chi connectivity index (χ3v) is 9.46. The zero-order valence-corrected chi connectivity index (χ0v) is 25.5. The molecule has 0 unspecified atom stereocenters. The number of nitrogens with one attached hydrogen (secondary N) is 1. The summed E-state index contributed by atoms with van der Waals surface area (Å²) in [5, 5.41) is 3.03. The van der Waals surface area contributed by atoms with Gasteiger partial charge in [0, 0.05) is 24.2 Å². The lowest BCUT2D eigenvalue weighted by atomic mass is 9.95. The van der Waals surface area contributed by atoms with E-state index in [0.717, 1.165) is 36.4 Å². The normalized spacial score (nSPS) is 14.4. The minimum absolute atomic E-state index is 0.00915. The minimum atomic E-state index is -4.31. The van der Waals surface area contributed by atoms with Crippen molar-refractivity contribution in [3.8, 4) is 11.5 Å². The van der Waals surface area contributed by atoms with Crippen LogP contribution in [-0.4, -0.2) is 58.0 Å². The number of halogens is 1. The molecule has 11 heteroatoms. The van der Waals surface area contributed by atoms with Crippen LogP contribution in [0.15, 0.2) is 77.7 Å². The Kier molecular flexibility index (Phi) is 10.6. The highest BCUT2D eigenvalue weighted by Crippen LogP contribution is 2.36. The van der Waals surface area contributed by atoms with Crippen molar-refractivity contribution in [2.75, 3.05) is 25.1 Å². The highest BCUT2D eigenvalue weighted by atomic mass is 32.2. The smallest absolute Gasteiger partial charge is 0.264 e. The van der Waals surface area contributed by atoms with Gasteiger partial charge >= 0.3 is 0 Å². The summed E-state index contributed by atoms with van der Waals surface area (Å²) in [5.41, 5.74) is 0.272. The van der Waals surface area contributed by atoms with Crippen molar-refractivity contribution in [1.82, 2.24) is 10.2 Å². The minimum Gasteiger partial charge on any atom is -0.497 e. The van der Waals surface area contributed by atoms with Gasteiger partial charge in [-0.15, -0.1) is 0 Å². The summed E-state index contributed by atoms with van der Waals surface area (Å²) in [5.74, 6) is -1.08. The zero-order chi connectivity index (χ0) is 31.0. The van der Waals surface area contributed by atoms with E-state index >= 15 is 0 Å². The van der Waals surface area contributed by atoms with E-state index in [1.54, 1.807) is 43.3 Å². The lowest BCUT2D eigenvalue weighted by molar-refractivity contribution is -0.139. The molecule has 230 valence electrons. The molecular formula is C32H38FN3O6S. The number of carbonyl (C=O) groups excluding carboxylic acids is 2. The summed E-state index contributed by atoms with van der Waals surface area (Å²) in [7, 11) is -1.48. The molecular weight excluding hydrogens is 573 g/mol. The first-order valence-electron chi connectivity index (χ1n) is 14.3. The van der Waals surface area contributed by atoms with Gasteiger partial charge in [-0.2, -0.15) is 0 Å². The molecule has 1 aliphatic rings. The number of anilines is 1. The van der Waals surface area contributed by atoms with Crippen LogP contribution in [0.1, 0.15) is 44.6 Å². The van der Waals surface area contributed by atoms with Crippen molar-refractivity contribution >= 4 is 27.5 Å². The summed E-state index contributed by atoms with van der Waals surface area (Å²) >= 11 is 0. The zero-order valence-electron chi connectivity index (χ0n) is 24.7. The van der Waals surface area contributed by atoms with Crippen LogP contribution in [0.4, 0.5) is 10.1 Å². The molecule has 1 saturated carbocycles. The van der Waals surface area contributed by atoms with Crippen molar-refractivity contribution in [2.45, 2.75) is 62.6 Å². The maximum absolute atomic E-state index is 14.8. The third kappa shape index (κ3) is 7.64. The number of methoxy groups -OCH3 is 2. The largest absolute Gasteiger partial charge is 0.497 e. The molecule has 1 aliphatic carbocycles. The van der Waals surface area contributed by atoms with E-state index in [0.29, 0.717) is 5.75 Å². The first-order chi connectivity index (χ1) is 20.6. The van der Waals surface area contributed by atoms with Crippen molar-refractivity contribution < 1.29 is 31.9 Å². The van der Waals surface area contributed by atoms with E-state index in [4.69, 9.17) is 9.47 Å². The fourth-order valence-electron chi connectivity index (χ4n) is 5.19. The Morgan fingerprint density at radius 2 is 1.63 bits per heavy atom. The van der Waals surface area contributed by atoms with Gasteiger partial charge in [0.15, 0.2) is 0 Å². The molecule has 1 N–H and O–H groups in total. The van der Waals surface area contributed by atoms with E-state index in [2.05, 4.69) is 5.32 Å². The maximum atomic E-state index is 14.8. The van der Waals surface area contributed by atoms with Crippen LogP contribution in [0, 0.1) is 5.82 Å². The number of benzene rings is 3. The van der Waals surface area contributed by atoms with Gasteiger partial charge in [-0.25, -0.2) is 12.8 Å².